The number of rotatable bonds is 3. The van der Waals surface area contributed by atoms with Crippen molar-refractivity contribution in [2.24, 2.45) is 5.10 Å². The third-order valence-electron chi connectivity index (χ3n) is 2.76. The summed E-state index contributed by atoms with van der Waals surface area (Å²) in [6.45, 7) is 0. The Labute approximate surface area is 146 Å². The van der Waals surface area contributed by atoms with Crippen LogP contribution in [0.25, 0.3) is 11.6 Å². The fraction of sp³-hybridized carbons (Fsp3) is 0. The van der Waals surface area contributed by atoms with Crippen LogP contribution in [0.1, 0.15) is 5.56 Å². The van der Waals surface area contributed by atoms with Crippen LogP contribution in [0.5, 0.6) is 5.75 Å². The van der Waals surface area contributed by atoms with E-state index < -0.39 is 0 Å². The molecular weight excluding hydrogens is 436 g/mol. The number of aromatic hydroxyl groups is 1. The summed E-state index contributed by atoms with van der Waals surface area (Å²) in [6, 6.07) is 6.98. The molecule has 3 aromatic rings. The first-order chi connectivity index (χ1) is 10.6. The number of phenols is 1. The molecule has 0 aliphatic carbocycles. The zero-order valence-electron chi connectivity index (χ0n) is 10.8. The van der Waals surface area contributed by atoms with Crippen molar-refractivity contribution >= 4 is 50.3 Å². The minimum absolute atomic E-state index is 0.0847. The second-order valence-electron chi connectivity index (χ2n) is 4.21. The van der Waals surface area contributed by atoms with Gasteiger partial charge in [-0.25, -0.2) is 5.10 Å². The van der Waals surface area contributed by atoms with Gasteiger partial charge in [-0.2, -0.15) is 9.78 Å². The lowest BCUT2D eigenvalue weighted by atomic mass is 10.2. The molecule has 6 nitrogen and oxygen atoms in total. The van der Waals surface area contributed by atoms with Crippen molar-refractivity contribution in [2.45, 2.75) is 0 Å². The second kappa shape index (κ2) is 6.19. The first kappa shape index (κ1) is 15.2. The van der Waals surface area contributed by atoms with Crippen molar-refractivity contribution in [1.29, 1.82) is 0 Å². The van der Waals surface area contributed by atoms with Gasteiger partial charge in [-0.1, -0.05) is 15.9 Å². The van der Waals surface area contributed by atoms with E-state index in [1.807, 2.05) is 0 Å². The fourth-order valence-corrected chi connectivity index (χ4v) is 3.21. The molecule has 0 aliphatic heterocycles. The van der Waals surface area contributed by atoms with Crippen molar-refractivity contribution in [3.8, 4) is 17.3 Å². The van der Waals surface area contributed by atoms with Gasteiger partial charge in [0.15, 0.2) is 5.76 Å². The summed E-state index contributed by atoms with van der Waals surface area (Å²) in [5, 5.41) is 21.0. The highest BCUT2D eigenvalue weighted by molar-refractivity contribution is 9.11. The van der Waals surface area contributed by atoms with Crippen LogP contribution in [-0.4, -0.2) is 26.2 Å². The molecule has 0 fully saturated rings. The number of nitrogens with one attached hydrogen (secondary N) is 1. The molecule has 3 rings (SSSR count). The standard InChI is InChI=1S/C13H8Br2N4O2S/c14-8-4-7(11(20)9(15)5-8)6-16-19-12(17-18-13(19)22)10-2-1-3-21-10/h1-6,20H,(H,18,22)/b16-6+. The van der Waals surface area contributed by atoms with Gasteiger partial charge in [0.1, 0.15) is 5.75 Å². The summed E-state index contributed by atoms with van der Waals surface area (Å²) in [5.74, 6) is 1.06. The first-order valence-corrected chi connectivity index (χ1v) is 7.99. The van der Waals surface area contributed by atoms with E-state index in [0.29, 0.717) is 26.4 Å². The van der Waals surface area contributed by atoms with Gasteiger partial charge in [-0.3, -0.25) is 0 Å². The number of furan rings is 1. The molecule has 0 saturated carbocycles. The summed E-state index contributed by atoms with van der Waals surface area (Å²) in [6.07, 6.45) is 3.03. The molecule has 0 atom stereocenters. The van der Waals surface area contributed by atoms with E-state index in [4.69, 9.17) is 16.6 Å². The van der Waals surface area contributed by atoms with Crippen molar-refractivity contribution in [1.82, 2.24) is 14.9 Å². The van der Waals surface area contributed by atoms with Gasteiger partial charge in [-0.05, 0) is 52.4 Å². The first-order valence-electron chi connectivity index (χ1n) is 6.00. The lowest BCUT2D eigenvalue weighted by molar-refractivity contribution is 0.471. The quantitative estimate of drug-likeness (QED) is 0.466. The zero-order chi connectivity index (χ0) is 15.7. The Morgan fingerprint density at radius 3 is 2.95 bits per heavy atom. The number of aromatic nitrogens is 3. The van der Waals surface area contributed by atoms with E-state index in [0.717, 1.165) is 4.47 Å². The number of phenolic OH excluding ortho intramolecular Hbond substituents is 1. The van der Waals surface area contributed by atoms with Crippen LogP contribution in [0, 0.1) is 4.77 Å². The monoisotopic (exact) mass is 442 g/mol. The maximum atomic E-state index is 10.0. The Bertz CT molecular complexity index is 899. The van der Waals surface area contributed by atoms with Gasteiger partial charge < -0.3 is 9.52 Å². The number of hydrogen-bond donors (Lipinski definition) is 2. The highest BCUT2D eigenvalue weighted by atomic mass is 79.9. The second-order valence-corrected chi connectivity index (χ2v) is 6.37. The maximum absolute atomic E-state index is 10.0. The molecule has 0 radical (unpaired) electrons. The molecule has 9 heteroatoms. The molecule has 2 heterocycles. The number of H-pyrrole nitrogens is 1. The fourth-order valence-electron chi connectivity index (χ4n) is 1.77. The van der Waals surface area contributed by atoms with Crippen LogP contribution in [0.4, 0.5) is 0 Å². The third-order valence-corrected chi connectivity index (χ3v) is 4.09. The van der Waals surface area contributed by atoms with Crippen molar-refractivity contribution in [3.05, 3.63) is 49.8 Å². The van der Waals surface area contributed by atoms with Crippen LogP contribution in [-0.2, 0) is 0 Å². The average molecular weight is 444 g/mol. The number of aromatic amines is 1. The molecular formula is C13H8Br2N4O2S. The Morgan fingerprint density at radius 1 is 1.41 bits per heavy atom. The average Bonchev–Trinajstić information content (AvgIpc) is 3.11. The van der Waals surface area contributed by atoms with Crippen molar-refractivity contribution in [2.75, 3.05) is 0 Å². The molecule has 0 unspecified atom stereocenters. The smallest absolute Gasteiger partial charge is 0.219 e. The SMILES string of the molecule is Oc1c(Br)cc(Br)cc1/C=N/n1c(-c2ccco2)n[nH]c1=S. The normalized spacial score (nSPS) is 11.4. The minimum atomic E-state index is 0.0847. The molecule has 22 heavy (non-hydrogen) atoms. The van der Waals surface area contributed by atoms with Gasteiger partial charge in [0.05, 0.1) is 17.0 Å². The van der Waals surface area contributed by atoms with Crippen LogP contribution in [0.15, 0.2) is 49.0 Å². The van der Waals surface area contributed by atoms with Gasteiger partial charge in [0.2, 0.25) is 10.6 Å². The molecule has 2 aromatic heterocycles. The van der Waals surface area contributed by atoms with E-state index in [1.165, 1.54) is 10.9 Å². The predicted molar refractivity (Wildman–Crippen MR) is 91.6 cm³/mol. The van der Waals surface area contributed by atoms with Crippen LogP contribution < -0.4 is 0 Å². The molecule has 112 valence electrons. The Balaban J connectivity index is 2.04. The Kier molecular flexibility index (Phi) is 4.27. The molecule has 0 spiro atoms. The van der Waals surface area contributed by atoms with Gasteiger partial charge in [0, 0.05) is 10.0 Å². The molecule has 2 N–H and O–H groups in total. The van der Waals surface area contributed by atoms with E-state index in [-0.39, 0.29) is 5.75 Å². The summed E-state index contributed by atoms with van der Waals surface area (Å²) < 4.78 is 8.40. The lowest BCUT2D eigenvalue weighted by Gasteiger charge is -2.03. The van der Waals surface area contributed by atoms with Gasteiger partial charge in [-0.15, -0.1) is 5.10 Å². The summed E-state index contributed by atoms with van der Waals surface area (Å²) in [5.41, 5.74) is 0.523. The molecule has 0 aliphatic rings. The number of hydrogen-bond acceptors (Lipinski definition) is 5. The van der Waals surface area contributed by atoms with E-state index in [9.17, 15) is 5.11 Å². The summed E-state index contributed by atoms with van der Waals surface area (Å²) >= 11 is 11.8. The Morgan fingerprint density at radius 2 is 2.23 bits per heavy atom. The summed E-state index contributed by atoms with van der Waals surface area (Å²) in [7, 11) is 0. The largest absolute Gasteiger partial charge is 0.506 e. The Hall–Kier alpha value is -1.71. The molecule has 0 saturated heterocycles. The van der Waals surface area contributed by atoms with Gasteiger partial charge >= 0.3 is 0 Å². The molecule has 1 aromatic carbocycles. The van der Waals surface area contributed by atoms with Crippen LogP contribution >= 0.6 is 44.1 Å². The van der Waals surface area contributed by atoms with E-state index in [1.54, 1.807) is 30.5 Å². The minimum Gasteiger partial charge on any atom is -0.506 e. The zero-order valence-corrected chi connectivity index (χ0v) is 14.8. The van der Waals surface area contributed by atoms with E-state index in [2.05, 4.69) is 47.2 Å². The third kappa shape index (κ3) is 2.92. The molecule has 0 bridgehead atoms. The lowest BCUT2D eigenvalue weighted by Crippen LogP contribution is -1.95. The van der Waals surface area contributed by atoms with E-state index >= 15 is 0 Å². The highest BCUT2D eigenvalue weighted by Crippen LogP contribution is 2.30. The van der Waals surface area contributed by atoms with Crippen LogP contribution in [0.3, 0.4) is 0 Å². The highest BCUT2D eigenvalue weighted by Gasteiger charge is 2.11. The van der Waals surface area contributed by atoms with Crippen molar-refractivity contribution < 1.29 is 9.52 Å². The number of benzene rings is 1. The predicted octanol–water partition coefficient (Wildman–Crippen LogP) is 4.31. The van der Waals surface area contributed by atoms with Crippen molar-refractivity contribution in [3.63, 3.8) is 0 Å². The topological polar surface area (TPSA) is 79.3 Å². The number of halogens is 2. The summed E-state index contributed by atoms with van der Waals surface area (Å²) in [4.78, 5) is 0. The van der Waals surface area contributed by atoms with Crippen LogP contribution in [0.2, 0.25) is 0 Å². The number of nitrogens with zero attached hydrogens (tertiary/aromatic N) is 3. The maximum Gasteiger partial charge on any atom is 0.219 e. The van der Waals surface area contributed by atoms with Gasteiger partial charge in [0.25, 0.3) is 0 Å². The molecule has 0 amide bonds.